The number of aryl methyl sites for hydroxylation is 1. The first-order valence-electron chi connectivity index (χ1n) is 14.7. The summed E-state index contributed by atoms with van der Waals surface area (Å²) < 4.78 is 2.18. The lowest BCUT2D eigenvalue weighted by Gasteiger charge is -2.37. The molecule has 42 heavy (non-hydrogen) atoms. The van der Waals surface area contributed by atoms with Crippen LogP contribution < -0.4 is 4.90 Å². The number of hydrogen-bond donors (Lipinski definition) is 2. The van der Waals surface area contributed by atoms with Gasteiger partial charge in [-0.05, 0) is 60.2 Å². The lowest BCUT2D eigenvalue weighted by atomic mass is 9.83. The number of carboxylic acids is 2. The number of aromatic carboxylic acids is 1. The van der Waals surface area contributed by atoms with E-state index < -0.39 is 17.9 Å². The molecule has 0 radical (unpaired) electrons. The minimum atomic E-state index is -0.960. The third kappa shape index (κ3) is 5.93. The van der Waals surface area contributed by atoms with E-state index in [0.29, 0.717) is 30.6 Å². The predicted octanol–water partition coefficient (Wildman–Crippen LogP) is 6.79. The number of anilines is 1. The summed E-state index contributed by atoms with van der Waals surface area (Å²) in [5.41, 5.74) is 5.22. The van der Waals surface area contributed by atoms with Crippen LogP contribution in [0.4, 0.5) is 5.69 Å². The van der Waals surface area contributed by atoms with Gasteiger partial charge in [-0.2, -0.15) is 0 Å². The Balaban J connectivity index is 1.52. The van der Waals surface area contributed by atoms with Crippen molar-refractivity contribution in [3.05, 3.63) is 83.7 Å². The fraction of sp³-hybridized carbons (Fsp3) is 0.353. The number of fused-ring (bicyclic) bond motifs is 1. The van der Waals surface area contributed by atoms with Crippen LogP contribution in [0.1, 0.15) is 74.1 Å². The molecule has 4 aromatic rings. The minimum Gasteiger partial charge on any atom is -0.481 e. The number of nitrogens with zero attached hydrogens (tertiary/aromatic N) is 3. The monoisotopic (exact) mass is 567 g/mol. The number of rotatable bonds is 10. The molecule has 1 aliphatic rings. The number of aromatic nitrogens is 2. The minimum absolute atomic E-state index is 0.165. The SMILES string of the molecule is CCCCc1nc2ccc(N(C(C)=O)C3CCCCC3C(=O)O)cc2n1Cc1ccc(-c2ccccc2C(=O)O)cc1. The summed E-state index contributed by atoms with van der Waals surface area (Å²) in [4.78, 5) is 43.4. The number of hydrogen-bond acceptors (Lipinski definition) is 4. The molecule has 1 saturated carbocycles. The third-order valence-electron chi connectivity index (χ3n) is 8.32. The van der Waals surface area contributed by atoms with Crippen molar-refractivity contribution >= 4 is 34.6 Å². The summed E-state index contributed by atoms with van der Waals surface area (Å²) in [5.74, 6) is -1.61. The maximum Gasteiger partial charge on any atom is 0.336 e. The van der Waals surface area contributed by atoms with Gasteiger partial charge in [0.05, 0.1) is 28.6 Å². The zero-order valence-corrected chi connectivity index (χ0v) is 24.1. The van der Waals surface area contributed by atoms with E-state index in [4.69, 9.17) is 4.98 Å². The van der Waals surface area contributed by atoms with Gasteiger partial charge in [0.15, 0.2) is 0 Å². The van der Waals surface area contributed by atoms with Gasteiger partial charge in [-0.25, -0.2) is 9.78 Å². The van der Waals surface area contributed by atoms with Gasteiger partial charge in [-0.15, -0.1) is 0 Å². The summed E-state index contributed by atoms with van der Waals surface area (Å²) in [5, 5.41) is 19.5. The Morgan fingerprint density at radius 1 is 0.976 bits per heavy atom. The van der Waals surface area contributed by atoms with Gasteiger partial charge < -0.3 is 19.7 Å². The number of carbonyl (C=O) groups excluding carboxylic acids is 1. The average Bonchev–Trinajstić information content (AvgIpc) is 3.32. The zero-order valence-electron chi connectivity index (χ0n) is 24.1. The molecule has 1 amide bonds. The van der Waals surface area contributed by atoms with Gasteiger partial charge in [0.25, 0.3) is 0 Å². The predicted molar refractivity (Wildman–Crippen MR) is 163 cm³/mol. The van der Waals surface area contributed by atoms with Gasteiger partial charge in [0.2, 0.25) is 5.91 Å². The average molecular weight is 568 g/mol. The van der Waals surface area contributed by atoms with Crippen molar-refractivity contribution in [2.45, 2.75) is 71.4 Å². The van der Waals surface area contributed by atoms with Crippen molar-refractivity contribution in [1.82, 2.24) is 9.55 Å². The smallest absolute Gasteiger partial charge is 0.336 e. The first-order valence-corrected chi connectivity index (χ1v) is 14.7. The number of unbranched alkanes of at least 4 members (excludes halogenated alkanes) is 1. The Labute approximate surface area is 245 Å². The van der Waals surface area contributed by atoms with Crippen LogP contribution >= 0.6 is 0 Å². The molecule has 2 N–H and O–H groups in total. The maximum atomic E-state index is 13.0. The van der Waals surface area contributed by atoms with Crippen molar-refractivity contribution < 1.29 is 24.6 Å². The van der Waals surface area contributed by atoms with Crippen LogP contribution in [0.3, 0.4) is 0 Å². The molecule has 1 heterocycles. The topological polar surface area (TPSA) is 113 Å². The Morgan fingerprint density at radius 3 is 2.40 bits per heavy atom. The molecule has 1 aromatic heterocycles. The fourth-order valence-electron chi connectivity index (χ4n) is 6.22. The molecule has 5 rings (SSSR count). The van der Waals surface area contributed by atoms with Gasteiger partial charge >= 0.3 is 11.9 Å². The first-order chi connectivity index (χ1) is 20.3. The number of benzene rings is 3. The number of carboxylic acid groups (broad SMARTS) is 2. The zero-order chi connectivity index (χ0) is 29.8. The quantitative estimate of drug-likeness (QED) is 0.218. The molecule has 0 saturated heterocycles. The molecule has 8 nitrogen and oxygen atoms in total. The van der Waals surface area contributed by atoms with Crippen molar-refractivity contribution in [1.29, 1.82) is 0 Å². The highest BCUT2D eigenvalue weighted by molar-refractivity contribution is 5.96. The first kappa shape index (κ1) is 29.0. The third-order valence-corrected chi connectivity index (χ3v) is 8.32. The normalized spacial score (nSPS) is 16.8. The molecule has 1 aliphatic carbocycles. The highest BCUT2D eigenvalue weighted by atomic mass is 16.4. The second-order valence-electron chi connectivity index (χ2n) is 11.1. The molecule has 1 fully saturated rings. The van der Waals surface area contributed by atoms with E-state index in [1.807, 2.05) is 54.6 Å². The Bertz CT molecular complexity index is 1610. The molecule has 0 bridgehead atoms. The van der Waals surface area contributed by atoms with Gasteiger partial charge in [0.1, 0.15) is 5.82 Å². The van der Waals surface area contributed by atoms with E-state index in [1.165, 1.54) is 6.92 Å². The standard InChI is InChI=1S/C34H37N3O5/c1-3-4-13-32-35-29-19-18-25(37(22(2)38)30-12-8-7-11-28(30)34(41)42)20-31(29)36(32)21-23-14-16-24(17-15-23)26-9-5-6-10-27(26)33(39)40/h5-6,9-10,14-20,28,30H,3-4,7-8,11-13,21H2,1-2H3,(H,39,40)(H,41,42). The number of carbonyl (C=O) groups is 3. The van der Waals surface area contributed by atoms with E-state index in [0.717, 1.165) is 60.1 Å². The summed E-state index contributed by atoms with van der Waals surface area (Å²) in [6.45, 7) is 4.21. The maximum absolute atomic E-state index is 13.0. The van der Waals surface area contributed by atoms with Crippen molar-refractivity contribution in [2.75, 3.05) is 4.90 Å². The van der Waals surface area contributed by atoms with Crippen LogP contribution in [-0.2, 0) is 22.6 Å². The molecular weight excluding hydrogens is 530 g/mol. The van der Waals surface area contributed by atoms with Crippen LogP contribution in [0.25, 0.3) is 22.2 Å². The largest absolute Gasteiger partial charge is 0.481 e. The van der Waals surface area contributed by atoms with E-state index >= 15 is 0 Å². The highest BCUT2D eigenvalue weighted by Crippen LogP contribution is 2.34. The molecule has 0 aliphatic heterocycles. The molecular formula is C34H37N3O5. The number of imidazole rings is 1. The van der Waals surface area contributed by atoms with E-state index in [2.05, 4.69) is 11.5 Å². The molecule has 218 valence electrons. The van der Waals surface area contributed by atoms with Crippen molar-refractivity contribution in [3.8, 4) is 11.1 Å². The second kappa shape index (κ2) is 12.6. The molecule has 2 unspecified atom stereocenters. The van der Waals surface area contributed by atoms with Crippen molar-refractivity contribution in [3.63, 3.8) is 0 Å². The molecule has 8 heteroatoms. The Morgan fingerprint density at radius 2 is 1.71 bits per heavy atom. The van der Waals surface area contributed by atoms with Crippen LogP contribution in [0, 0.1) is 5.92 Å². The summed E-state index contributed by atoms with van der Waals surface area (Å²) in [6.07, 6.45) is 5.81. The van der Waals surface area contributed by atoms with E-state index in [9.17, 15) is 24.6 Å². The molecule has 0 spiro atoms. The van der Waals surface area contributed by atoms with Crippen LogP contribution in [0.5, 0.6) is 0 Å². The van der Waals surface area contributed by atoms with Crippen molar-refractivity contribution in [2.24, 2.45) is 5.92 Å². The van der Waals surface area contributed by atoms with Crippen LogP contribution in [0.2, 0.25) is 0 Å². The van der Waals surface area contributed by atoms with E-state index in [1.54, 1.807) is 17.0 Å². The lowest BCUT2D eigenvalue weighted by Crippen LogP contribution is -2.48. The molecule has 2 atom stereocenters. The van der Waals surface area contributed by atoms with Crippen LogP contribution in [0.15, 0.2) is 66.7 Å². The Kier molecular flexibility index (Phi) is 8.71. The van der Waals surface area contributed by atoms with E-state index in [-0.39, 0.29) is 17.5 Å². The summed E-state index contributed by atoms with van der Waals surface area (Å²) >= 11 is 0. The second-order valence-corrected chi connectivity index (χ2v) is 11.1. The summed E-state index contributed by atoms with van der Waals surface area (Å²) in [7, 11) is 0. The Hall–Kier alpha value is -4.46. The lowest BCUT2D eigenvalue weighted by molar-refractivity contribution is -0.143. The summed E-state index contributed by atoms with van der Waals surface area (Å²) in [6, 6.07) is 20.3. The number of amides is 1. The van der Waals surface area contributed by atoms with Gasteiger partial charge in [-0.1, -0.05) is 68.7 Å². The fourth-order valence-corrected chi connectivity index (χ4v) is 6.22. The molecule has 3 aromatic carbocycles. The van der Waals surface area contributed by atoms with Crippen LogP contribution in [-0.4, -0.2) is 43.7 Å². The number of aliphatic carboxylic acids is 1. The van der Waals surface area contributed by atoms with Gasteiger partial charge in [0, 0.05) is 25.6 Å². The van der Waals surface area contributed by atoms with Gasteiger partial charge in [-0.3, -0.25) is 9.59 Å². The highest BCUT2D eigenvalue weighted by Gasteiger charge is 2.37.